The van der Waals surface area contributed by atoms with Crippen LogP contribution in [0.2, 0.25) is 0 Å². The van der Waals surface area contributed by atoms with Gasteiger partial charge in [-0.25, -0.2) is 0 Å². The van der Waals surface area contributed by atoms with Gasteiger partial charge in [0.05, 0.1) is 13.2 Å². The summed E-state index contributed by atoms with van der Waals surface area (Å²) in [7, 11) is 0. The average molecular weight is 315 g/mol. The van der Waals surface area contributed by atoms with Crippen LogP contribution in [-0.4, -0.2) is 19.5 Å². The highest BCUT2D eigenvalue weighted by atomic mass is 16.7. The molecule has 0 unspecified atom stereocenters. The minimum atomic E-state index is 0.00866. The highest BCUT2D eigenvalue weighted by Gasteiger charge is 2.11. The molecule has 0 aliphatic carbocycles. The van der Waals surface area contributed by atoms with Gasteiger partial charge in [-0.1, -0.05) is 86.0 Å². The summed E-state index contributed by atoms with van der Waals surface area (Å²) in [6.45, 7) is 12.7. The molecule has 2 heteroatoms. The Hall–Kier alpha value is -0.0800. The molecule has 2 nitrogen and oxygen atoms in total. The first kappa shape index (κ1) is 21.9. The van der Waals surface area contributed by atoms with Gasteiger partial charge < -0.3 is 9.47 Å². The highest BCUT2D eigenvalue weighted by Crippen LogP contribution is 2.14. The maximum absolute atomic E-state index is 5.90. The highest BCUT2D eigenvalue weighted by molar-refractivity contribution is 4.53. The predicted molar refractivity (Wildman–Crippen MR) is 97.2 cm³/mol. The van der Waals surface area contributed by atoms with E-state index in [2.05, 4.69) is 34.6 Å². The second-order valence-corrected chi connectivity index (χ2v) is 7.50. The van der Waals surface area contributed by atoms with Crippen LogP contribution in [0.25, 0.3) is 0 Å². The monoisotopic (exact) mass is 314 g/mol. The molecule has 0 bridgehead atoms. The van der Waals surface area contributed by atoms with Gasteiger partial charge in [0.1, 0.15) is 0 Å². The third-order valence-electron chi connectivity index (χ3n) is 3.77. The normalized spacial score (nSPS) is 12.0. The molecule has 0 atom stereocenters. The van der Waals surface area contributed by atoms with E-state index in [9.17, 15) is 0 Å². The molecule has 0 fully saturated rings. The van der Waals surface area contributed by atoms with Gasteiger partial charge in [0.15, 0.2) is 6.29 Å². The molecule has 0 radical (unpaired) electrons. The molecule has 22 heavy (non-hydrogen) atoms. The van der Waals surface area contributed by atoms with Crippen LogP contribution in [0.3, 0.4) is 0 Å². The third-order valence-corrected chi connectivity index (χ3v) is 3.77. The Bertz CT molecular complexity index is 202. The molecule has 0 saturated carbocycles. The lowest BCUT2D eigenvalue weighted by molar-refractivity contribution is -0.157. The topological polar surface area (TPSA) is 18.5 Å². The van der Waals surface area contributed by atoms with Gasteiger partial charge in [0, 0.05) is 0 Å². The van der Waals surface area contributed by atoms with Gasteiger partial charge in [-0.15, -0.1) is 0 Å². The first-order chi connectivity index (χ1) is 10.6. The maximum atomic E-state index is 5.90. The quantitative estimate of drug-likeness (QED) is 0.237. The zero-order valence-electron chi connectivity index (χ0n) is 16.0. The Kier molecular flexibility index (Phi) is 15.7. The van der Waals surface area contributed by atoms with Crippen molar-refractivity contribution in [2.24, 2.45) is 11.8 Å². The Morgan fingerprint density at radius 3 is 1.41 bits per heavy atom. The number of rotatable bonds is 16. The van der Waals surface area contributed by atoms with E-state index in [-0.39, 0.29) is 6.29 Å². The lowest BCUT2D eigenvalue weighted by Crippen LogP contribution is -2.22. The average Bonchev–Trinajstić information content (AvgIpc) is 2.47. The molecular weight excluding hydrogens is 272 g/mol. The van der Waals surface area contributed by atoms with Crippen molar-refractivity contribution in [1.82, 2.24) is 0 Å². The lowest BCUT2D eigenvalue weighted by atomic mass is 10.1. The van der Waals surface area contributed by atoms with Gasteiger partial charge in [-0.05, 0) is 24.7 Å². The number of ether oxygens (including phenoxy) is 2. The van der Waals surface area contributed by atoms with Crippen molar-refractivity contribution in [1.29, 1.82) is 0 Å². The molecule has 0 spiro atoms. The third kappa shape index (κ3) is 16.3. The number of hydrogen-bond donors (Lipinski definition) is 0. The van der Waals surface area contributed by atoms with Gasteiger partial charge in [0.2, 0.25) is 0 Å². The molecule has 0 rings (SSSR count). The second-order valence-electron chi connectivity index (χ2n) is 7.50. The fraction of sp³-hybridized carbons (Fsp3) is 1.00. The van der Waals surface area contributed by atoms with Crippen LogP contribution in [0.1, 0.15) is 98.8 Å². The molecule has 0 saturated heterocycles. The van der Waals surface area contributed by atoms with E-state index in [1.165, 1.54) is 57.8 Å². The van der Waals surface area contributed by atoms with Gasteiger partial charge in [-0.3, -0.25) is 0 Å². The van der Waals surface area contributed by atoms with E-state index < -0.39 is 0 Å². The fourth-order valence-corrected chi connectivity index (χ4v) is 2.44. The summed E-state index contributed by atoms with van der Waals surface area (Å²) < 4.78 is 11.8. The van der Waals surface area contributed by atoms with Crippen LogP contribution in [-0.2, 0) is 9.47 Å². The van der Waals surface area contributed by atoms with Gasteiger partial charge >= 0.3 is 0 Å². The molecule has 0 aromatic carbocycles. The Morgan fingerprint density at radius 2 is 1.00 bits per heavy atom. The van der Waals surface area contributed by atoms with Crippen LogP contribution >= 0.6 is 0 Å². The SMILES string of the molecule is CCCCCCCCCCCC(OCC(C)C)OCC(C)C. The smallest absolute Gasteiger partial charge is 0.157 e. The van der Waals surface area contributed by atoms with Crippen molar-refractivity contribution < 1.29 is 9.47 Å². The number of unbranched alkanes of at least 4 members (excludes halogenated alkanes) is 8. The molecule has 0 aromatic heterocycles. The summed E-state index contributed by atoms with van der Waals surface area (Å²) in [6, 6.07) is 0. The van der Waals surface area contributed by atoms with Crippen molar-refractivity contribution in [3.8, 4) is 0 Å². The number of hydrogen-bond acceptors (Lipinski definition) is 2. The molecule has 0 aromatic rings. The molecular formula is C20H42O2. The van der Waals surface area contributed by atoms with E-state index in [1.54, 1.807) is 0 Å². The fourth-order valence-electron chi connectivity index (χ4n) is 2.44. The van der Waals surface area contributed by atoms with Crippen LogP contribution in [0.5, 0.6) is 0 Å². The maximum Gasteiger partial charge on any atom is 0.157 e. The summed E-state index contributed by atoms with van der Waals surface area (Å²) in [5, 5.41) is 0. The lowest BCUT2D eigenvalue weighted by Gasteiger charge is -2.21. The van der Waals surface area contributed by atoms with E-state index in [0.717, 1.165) is 19.6 Å². The molecule has 0 aliphatic heterocycles. The van der Waals surface area contributed by atoms with Gasteiger partial charge in [-0.2, -0.15) is 0 Å². The standard InChI is InChI=1S/C20H42O2/c1-6-7-8-9-10-11-12-13-14-15-20(21-16-18(2)3)22-17-19(4)5/h18-20H,6-17H2,1-5H3. The summed E-state index contributed by atoms with van der Waals surface area (Å²) in [5.74, 6) is 1.15. The molecule has 0 heterocycles. The largest absolute Gasteiger partial charge is 0.352 e. The Morgan fingerprint density at radius 1 is 0.591 bits per heavy atom. The van der Waals surface area contributed by atoms with Crippen molar-refractivity contribution in [2.75, 3.05) is 13.2 Å². The minimum absolute atomic E-state index is 0.00866. The zero-order valence-corrected chi connectivity index (χ0v) is 16.0. The Labute approximate surface area is 140 Å². The van der Waals surface area contributed by atoms with E-state index in [1.807, 2.05) is 0 Å². The van der Waals surface area contributed by atoms with E-state index in [4.69, 9.17) is 9.47 Å². The zero-order chi connectivity index (χ0) is 16.6. The van der Waals surface area contributed by atoms with Crippen molar-refractivity contribution in [3.63, 3.8) is 0 Å². The summed E-state index contributed by atoms with van der Waals surface area (Å²) >= 11 is 0. The van der Waals surface area contributed by atoms with Crippen LogP contribution < -0.4 is 0 Å². The van der Waals surface area contributed by atoms with Crippen molar-refractivity contribution >= 4 is 0 Å². The molecule has 134 valence electrons. The summed E-state index contributed by atoms with van der Waals surface area (Å²) in [5.41, 5.74) is 0. The van der Waals surface area contributed by atoms with Crippen LogP contribution in [0, 0.1) is 11.8 Å². The first-order valence-corrected chi connectivity index (χ1v) is 9.79. The van der Waals surface area contributed by atoms with Gasteiger partial charge in [0.25, 0.3) is 0 Å². The second kappa shape index (κ2) is 15.8. The first-order valence-electron chi connectivity index (χ1n) is 9.79. The summed E-state index contributed by atoms with van der Waals surface area (Å²) in [6.07, 6.45) is 13.4. The molecule has 0 aliphatic rings. The minimum Gasteiger partial charge on any atom is -0.352 e. The van der Waals surface area contributed by atoms with Crippen molar-refractivity contribution in [2.45, 2.75) is 105 Å². The van der Waals surface area contributed by atoms with Crippen LogP contribution in [0.15, 0.2) is 0 Å². The predicted octanol–water partition coefficient (Wildman–Crippen LogP) is 6.58. The van der Waals surface area contributed by atoms with Crippen molar-refractivity contribution in [3.05, 3.63) is 0 Å². The van der Waals surface area contributed by atoms with Crippen LogP contribution in [0.4, 0.5) is 0 Å². The molecule has 0 N–H and O–H groups in total. The van der Waals surface area contributed by atoms with E-state index >= 15 is 0 Å². The Balaban J connectivity index is 3.60. The molecule has 0 amide bonds. The van der Waals surface area contributed by atoms with E-state index in [0.29, 0.717) is 11.8 Å². The summed E-state index contributed by atoms with van der Waals surface area (Å²) in [4.78, 5) is 0.